The molecule has 0 bridgehead atoms. The number of fused-ring (bicyclic) bond motifs is 3. The SMILES string of the molecule is COC1=C[C@@]23CCCN2CCc2cc4c(cc2[C@@H]3C1OC(=O)[C@@]1(CC(=O)SC)CCCC(C)(C)O1)OCO4. The molecule has 1 aromatic rings. The van der Waals surface area contributed by atoms with E-state index in [9.17, 15) is 9.59 Å². The van der Waals surface area contributed by atoms with Gasteiger partial charge in [0.15, 0.2) is 28.3 Å². The summed E-state index contributed by atoms with van der Waals surface area (Å²) >= 11 is 1.12. The van der Waals surface area contributed by atoms with Crippen LogP contribution in [0, 0.1) is 0 Å². The number of benzene rings is 1. The number of carbonyl (C=O) groups excluding carboxylic acids is 2. The average Bonchev–Trinajstić information content (AvgIpc) is 3.57. The van der Waals surface area contributed by atoms with Gasteiger partial charge in [-0.3, -0.25) is 9.69 Å². The van der Waals surface area contributed by atoms with Gasteiger partial charge in [-0.15, -0.1) is 0 Å². The lowest BCUT2D eigenvalue weighted by Crippen LogP contribution is -2.54. The molecule has 4 atom stereocenters. The monoisotopic (exact) mass is 543 g/mol. The molecular formula is C29H37NO7S. The molecule has 9 heteroatoms. The number of carbonyl (C=O) groups is 2. The third kappa shape index (κ3) is 4.12. The van der Waals surface area contributed by atoms with Crippen LogP contribution in [0.2, 0.25) is 0 Å². The van der Waals surface area contributed by atoms with Crippen LogP contribution in [0.1, 0.15) is 69.4 Å². The first kappa shape index (κ1) is 26.0. The van der Waals surface area contributed by atoms with Gasteiger partial charge in [0.25, 0.3) is 0 Å². The molecule has 2 fully saturated rings. The third-order valence-electron chi connectivity index (χ3n) is 9.06. The molecule has 0 N–H and O–H groups in total. The summed E-state index contributed by atoms with van der Waals surface area (Å²) in [6, 6.07) is 4.16. The zero-order valence-electron chi connectivity index (χ0n) is 22.7. The second-order valence-corrected chi connectivity index (χ2v) is 12.6. The fourth-order valence-electron chi connectivity index (χ4n) is 7.39. The van der Waals surface area contributed by atoms with Crippen molar-refractivity contribution < 1.29 is 33.3 Å². The Bertz CT molecular complexity index is 1180. The van der Waals surface area contributed by atoms with Crippen molar-refractivity contribution in [2.75, 3.05) is 33.2 Å². The number of ether oxygens (including phenoxy) is 5. The zero-order chi connectivity index (χ0) is 26.7. The second-order valence-electron chi connectivity index (χ2n) is 11.8. The summed E-state index contributed by atoms with van der Waals surface area (Å²) in [5.74, 6) is 1.50. The van der Waals surface area contributed by atoms with Gasteiger partial charge in [-0.2, -0.15) is 0 Å². The minimum absolute atomic E-state index is 0.00755. The number of hydrogen-bond acceptors (Lipinski definition) is 9. The Labute approximate surface area is 228 Å². The number of rotatable bonds is 5. The van der Waals surface area contributed by atoms with Gasteiger partial charge in [0, 0.05) is 6.54 Å². The summed E-state index contributed by atoms with van der Waals surface area (Å²) in [6.07, 6.45) is 8.24. The fraction of sp³-hybridized carbons (Fsp3) is 0.655. The second kappa shape index (κ2) is 9.45. The van der Waals surface area contributed by atoms with Crippen LogP contribution in [-0.2, 0) is 30.2 Å². The normalized spacial score (nSPS) is 33.0. The molecule has 1 spiro atoms. The molecule has 6 rings (SSSR count). The van der Waals surface area contributed by atoms with Crippen LogP contribution >= 0.6 is 11.8 Å². The Kier molecular flexibility index (Phi) is 6.47. The van der Waals surface area contributed by atoms with Gasteiger partial charge in [0.2, 0.25) is 6.79 Å². The van der Waals surface area contributed by atoms with E-state index in [1.54, 1.807) is 13.4 Å². The first-order chi connectivity index (χ1) is 18.2. The first-order valence-electron chi connectivity index (χ1n) is 13.6. The molecule has 1 aromatic carbocycles. The van der Waals surface area contributed by atoms with Crippen molar-refractivity contribution in [1.29, 1.82) is 0 Å². The third-order valence-corrected chi connectivity index (χ3v) is 9.66. The highest BCUT2D eigenvalue weighted by Gasteiger charge is 2.59. The van der Waals surface area contributed by atoms with Gasteiger partial charge in [-0.25, -0.2) is 4.79 Å². The highest BCUT2D eigenvalue weighted by Crippen LogP contribution is 2.56. The fourth-order valence-corrected chi connectivity index (χ4v) is 7.77. The highest BCUT2D eigenvalue weighted by atomic mass is 32.2. The molecule has 0 radical (unpaired) electrons. The Morgan fingerprint density at radius 2 is 1.89 bits per heavy atom. The molecule has 2 saturated heterocycles. The van der Waals surface area contributed by atoms with Crippen LogP contribution in [0.25, 0.3) is 0 Å². The zero-order valence-corrected chi connectivity index (χ0v) is 23.5. The van der Waals surface area contributed by atoms with Crippen LogP contribution in [0.4, 0.5) is 0 Å². The molecule has 38 heavy (non-hydrogen) atoms. The van der Waals surface area contributed by atoms with Gasteiger partial charge < -0.3 is 23.7 Å². The van der Waals surface area contributed by atoms with Crippen LogP contribution in [-0.4, -0.2) is 72.1 Å². The van der Waals surface area contributed by atoms with Crippen molar-refractivity contribution in [2.45, 2.75) is 87.6 Å². The lowest BCUT2D eigenvalue weighted by atomic mass is 9.77. The number of hydrogen-bond donors (Lipinski definition) is 0. The molecule has 5 aliphatic rings. The van der Waals surface area contributed by atoms with Gasteiger partial charge >= 0.3 is 5.97 Å². The van der Waals surface area contributed by atoms with E-state index in [4.69, 9.17) is 23.7 Å². The van der Waals surface area contributed by atoms with Crippen molar-refractivity contribution in [3.63, 3.8) is 0 Å². The Morgan fingerprint density at radius 3 is 2.63 bits per heavy atom. The van der Waals surface area contributed by atoms with Crippen molar-refractivity contribution in [1.82, 2.24) is 4.90 Å². The molecular weight excluding hydrogens is 506 g/mol. The molecule has 0 saturated carbocycles. The molecule has 4 aliphatic heterocycles. The Hall–Kier alpha value is -2.23. The number of esters is 1. The molecule has 8 nitrogen and oxygen atoms in total. The summed E-state index contributed by atoms with van der Waals surface area (Å²) in [5.41, 5.74) is 0.140. The molecule has 0 aromatic heterocycles. The Balaban J connectivity index is 1.41. The number of methoxy groups -OCH3 is 1. The summed E-state index contributed by atoms with van der Waals surface area (Å²) in [7, 11) is 1.64. The largest absolute Gasteiger partial charge is 0.497 e. The summed E-state index contributed by atoms with van der Waals surface area (Å²) in [5, 5.41) is -0.0838. The van der Waals surface area contributed by atoms with Crippen LogP contribution in [0.15, 0.2) is 24.0 Å². The van der Waals surface area contributed by atoms with E-state index in [0.29, 0.717) is 12.2 Å². The molecule has 206 valence electrons. The number of nitrogens with zero attached hydrogens (tertiary/aromatic N) is 1. The quantitative estimate of drug-likeness (QED) is 0.504. The van der Waals surface area contributed by atoms with Crippen molar-refractivity contribution in [2.24, 2.45) is 0 Å². The van der Waals surface area contributed by atoms with E-state index in [-0.39, 0.29) is 29.8 Å². The van der Waals surface area contributed by atoms with Gasteiger partial charge in [0.05, 0.1) is 30.6 Å². The lowest BCUT2D eigenvalue weighted by molar-refractivity contribution is -0.213. The van der Waals surface area contributed by atoms with E-state index in [0.717, 1.165) is 74.0 Å². The molecule has 1 unspecified atom stereocenters. The van der Waals surface area contributed by atoms with E-state index in [1.807, 2.05) is 13.8 Å². The standard InChI is InChI=1S/C29H37NO7S/c1-27(2)8-5-10-29(37-27,16-23(31)38-4)26(32)36-25-22(33-3)15-28-9-6-11-30(28)12-7-18-13-20-21(35-17-34-20)14-19(18)24(25)28/h13-15,24-25H,5-12,16-17H2,1-4H3/t24-,25?,28-,29+/m1/s1. The van der Waals surface area contributed by atoms with Crippen LogP contribution in [0.5, 0.6) is 11.5 Å². The summed E-state index contributed by atoms with van der Waals surface area (Å²) in [6.45, 7) is 6.04. The van der Waals surface area contributed by atoms with Crippen LogP contribution in [0.3, 0.4) is 0 Å². The topological polar surface area (TPSA) is 83.5 Å². The van der Waals surface area contributed by atoms with E-state index in [1.165, 1.54) is 5.56 Å². The highest BCUT2D eigenvalue weighted by molar-refractivity contribution is 8.13. The first-order valence-corrected chi connectivity index (χ1v) is 14.9. The minimum atomic E-state index is -1.31. The van der Waals surface area contributed by atoms with E-state index < -0.39 is 23.3 Å². The smallest absolute Gasteiger partial charge is 0.339 e. The molecule has 4 heterocycles. The van der Waals surface area contributed by atoms with Crippen molar-refractivity contribution in [3.8, 4) is 11.5 Å². The lowest BCUT2D eigenvalue weighted by Gasteiger charge is -2.44. The maximum atomic E-state index is 14.2. The van der Waals surface area contributed by atoms with Crippen molar-refractivity contribution >= 4 is 22.8 Å². The van der Waals surface area contributed by atoms with Crippen molar-refractivity contribution in [3.05, 3.63) is 35.1 Å². The minimum Gasteiger partial charge on any atom is -0.497 e. The summed E-state index contributed by atoms with van der Waals surface area (Å²) in [4.78, 5) is 29.4. The maximum Gasteiger partial charge on any atom is 0.339 e. The average molecular weight is 544 g/mol. The van der Waals surface area contributed by atoms with Crippen LogP contribution < -0.4 is 9.47 Å². The number of thioether (sulfide) groups is 1. The predicted molar refractivity (Wildman–Crippen MR) is 142 cm³/mol. The molecule has 0 amide bonds. The molecule has 1 aliphatic carbocycles. The Morgan fingerprint density at radius 1 is 1.11 bits per heavy atom. The van der Waals surface area contributed by atoms with Gasteiger partial charge in [0.1, 0.15) is 5.76 Å². The summed E-state index contributed by atoms with van der Waals surface area (Å²) < 4.78 is 30.3. The van der Waals surface area contributed by atoms with E-state index >= 15 is 0 Å². The van der Waals surface area contributed by atoms with Gasteiger partial charge in [-0.05, 0) is 94.5 Å². The van der Waals surface area contributed by atoms with E-state index in [2.05, 4.69) is 23.1 Å². The van der Waals surface area contributed by atoms with Gasteiger partial charge in [-0.1, -0.05) is 11.8 Å². The predicted octanol–water partition coefficient (Wildman–Crippen LogP) is 4.34. The maximum absolute atomic E-state index is 14.2.